The molecule has 1 amide bonds. The van der Waals surface area contributed by atoms with Crippen LogP contribution in [-0.4, -0.2) is 33.4 Å². The lowest BCUT2D eigenvalue weighted by Crippen LogP contribution is -2.43. The lowest BCUT2D eigenvalue weighted by atomic mass is 9.80. The van der Waals surface area contributed by atoms with E-state index < -0.39 is 17.2 Å². The van der Waals surface area contributed by atoms with Crippen molar-refractivity contribution in [1.82, 2.24) is 19.8 Å². The number of rotatable bonds is 7. The zero-order valence-electron chi connectivity index (χ0n) is 20.1. The van der Waals surface area contributed by atoms with Crippen LogP contribution in [0.3, 0.4) is 0 Å². The highest BCUT2D eigenvalue weighted by Gasteiger charge is 2.47. The van der Waals surface area contributed by atoms with Crippen LogP contribution in [0, 0.1) is 11.3 Å². The topological polar surface area (TPSA) is 67.2 Å². The molecule has 5 rings (SSSR count). The summed E-state index contributed by atoms with van der Waals surface area (Å²) in [6.07, 6.45) is 1.42. The molecule has 9 heteroatoms. The molecule has 190 valence electrons. The standard InChI is InChI=1S/C27H29F3N4O2/c1-33-23-11-19(4-5-21(23)6-7-24(33)35)16-34-9-8-26(17-34,12-18-2-3-18)25(36)32-14-20-10-22(15-31-13-20)27(28,29)30/h4-7,10-11,13,15,18H,2-3,8-9,12,14,16-17H2,1H3,(H,32,36). The summed E-state index contributed by atoms with van der Waals surface area (Å²) in [4.78, 5) is 31.4. The van der Waals surface area contributed by atoms with Gasteiger partial charge in [0.15, 0.2) is 0 Å². The van der Waals surface area contributed by atoms with E-state index in [1.54, 1.807) is 17.7 Å². The average molecular weight is 499 g/mol. The van der Waals surface area contributed by atoms with Gasteiger partial charge in [-0.25, -0.2) is 0 Å². The number of nitrogens with one attached hydrogen (secondary N) is 1. The number of alkyl halides is 3. The highest BCUT2D eigenvalue weighted by atomic mass is 19.4. The van der Waals surface area contributed by atoms with Crippen molar-refractivity contribution in [3.8, 4) is 0 Å². The first-order valence-electron chi connectivity index (χ1n) is 12.2. The fourth-order valence-corrected chi connectivity index (χ4v) is 5.29. The van der Waals surface area contributed by atoms with Gasteiger partial charge in [-0.3, -0.25) is 19.5 Å². The van der Waals surface area contributed by atoms with Crippen molar-refractivity contribution in [2.75, 3.05) is 13.1 Å². The minimum atomic E-state index is -4.47. The van der Waals surface area contributed by atoms with Gasteiger partial charge in [0, 0.05) is 45.1 Å². The molecule has 0 spiro atoms. The Hall–Kier alpha value is -3.20. The van der Waals surface area contributed by atoms with Crippen LogP contribution in [0.15, 0.2) is 53.6 Å². The molecule has 1 aromatic carbocycles. The number of hydrogen-bond acceptors (Lipinski definition) is 4. The van der Waals surface area contributed by atoms with Crippen LogP contribution in [-0.2, 0) is 31.1 Å². The van der Waals surface area contributed by atoms with E-state index in [4.69, 9.17) is 0 Å². The van der Waals surface area contributed by atoms with Crippen LogP contribution in [0.1, 0.15) is 42.4 Å². The molecule has 1 saturated carbocycles. The van der Waals surface area contributed by atoms with E-state index in [2.05, 4.69) is 21.3 Å². The van der Waals surface area contributed by atoms with Gasteiger partial charge in [0.1, 0.15) is 0 Å². The van der Waals surface area contributed by atoms with Gasteiger partial charge in [-0.15, -0.1) is 0 Å². The second kappa shape index (κ2) is 9.35. The van der Waals surface area contributed by atoms with E-state index in [1.165, 1.54) is 6.20 Å². The Kier molecular flexibility index (Phi) is 6.36. The molecular formula is C27H29F3N4O2. The van der Waals surface area contributed by atoms with Gasteiger partial charge in [0.2, 0.25) is 5.91 Å². The van der Waals surface area contributed by atoms with Gasteiger partial charge in [-0.05, 0) is 60.0 Å². The number of halogens is 3. The van der Waals surface area contributed by atoms with E-state index in [9.17, 15) is 22.8 Å². The molecule has 1 aliphatic carbocycles. The van der Waals surface area contributed by atoms with Crippen molar-refractivity contribution in [3.05, 3.63) is 75.8 Å². The largest absolute Gasteiger partial charge is 0.417 e. The van der Waals surface area contributed by atoms with Crippen LogP contribution in [0.2, 0.25) is 0 Å². The van der Waals surface area contributed by atoms with Gasteiger partial charge >= 0.3 is 6.18 Å². The highest BCUT2D eigenvalue weighted by Crippen LogP contribution is 2.45. The Morgan fingerprint density at radius 2 is 1.92 bits per heavy atom. The summed E-state index contributed by atoms with van der Waals surface area (Å²) in [5.74, 6) is 0.427. The number of benzene rings is 1. The predicted molar refractivity (Wildman–Crippen MR) is 130 cm³/mol. The lowest BCUT2D eigenvalue weighted by molar-refractivity contribution is -0.137. The van der Waals surface area contributed by atoms with E-state index >= 15 is 0 Å². The number of aryl methyl sites for hydroxylation is 1. The molecule has 1 saturated heterocycles. The number of pyridine rings is 2. The molecule has 3 heterocycles. The molecule has 2 aromatic heterocycles. The first-order chi connectivity index (χ1) is 17.1. The van der Waals surface area contributed by atoms with E-state index in [0.717, 1.165) is 54.5 Å². The zero-order valence-corrected chi connectivity index (χ0v) is 20.1. The van der Waals surface area contributed by atoms with Crippen LogP contribution >= 0.6 is 0 Å². The Labute approximate surface area is 207 Å². The van der Waals surface area contributed by atoms with Crippen molar-refractivity contribution < 1.29 is 18.0 Å². The summed E-state index contributed by atoms with van der Waals surface area (Å²) in [5, 5.41) is 3.90. The second-order valence-corrected chi connectivity index (χ2v) is 10.3. The number of aromatic nitrogens is 2. The van der Waals surface area contributed by atoms with E-state index in [1.807, 2.05) is 18.2 Å². The Morgan fingerprint density at radius 3 is 2.67 bits per heavy atom. The molecule has 1 N–H and O–H groups in total. The molecular weight excluding hydrogens is 469 g/mol. The zero-order chi connectivity index (χ0) is 25.5. The summed E-state index contributed by atoms with van der Waals surface area (Å²) in [6, 6.07) is 10.5. The van der Waals surface area contributed by atoms with Crippen LogP contribution in [0.5, 0.6) is 0 Å². The Morgan fingerprint density at radius 1 is 1.14 bits per heavy atom. The summed E-state index contributed by atoms with van der Waals surface area (Å²) in [6.45, 7) is 2.04. The molecule has 1 unspecified atom stereocenters. The first-order valence-corrected chi connectivity index (χ1v) is 12.2. The van der Waals surface area contributed by atoms with Gasteiger partial charge in [0.05, 0.1) is 16.5 Å². The Balaban J connectivity index is 1.29. The molecule has 6 nitrogen and oxygen atoms in total. The van der Waals surface area contributed by atoms with Crippen molar-refractivity contribution in [1.29, 1.82) is 0 Å². The molecule has 0 bridgehead atoms. The normalized spacial score (nSPS) is 20.7. The van der Waals surface area contributed by atoms with Crippen molar-refractivity contribution >= 4 is 16.8 Å². The number of nitrogens with zero attached hydrogens (tertiary/aromatic N) is 3. The van der Waals surface area contributed by atoms with E-state index in [-0.39, 0.29) is 18.0 Å². The fraction of sp³-hybridized carbons (Fsp3) is 0.444. The maximum atomic E-state index is 13.4. The molecule has 2 fully saturated rings. The summed E-state index contributed by atoms with van der Waals surface area (Å²) in [7, 11) is 1.76. The third-order valence-corrected chi connectivity index (χ3v) is 7.46. The summed E-state index contributed by atoms with van der Waals surface area (Å²) in [5.41, 5.74) is 0.840. The van der Waals surface area contributed by atoms with Crippen molar-refractivity contribution in [2.45, 2.75) is 44.9 Å². The number of carbonyl (C=O) groups excluding carboxylic acids is 1. The quantitative estimate of drug-likeness (QED) is 0.529. The monoisotopic (exact) mass is 498 g/mol. The third-order valence-electron chi connectivity index (χ3n) is 7.46. The molecule has 1 aliphatic heterocycles. The average Bonchev–Trinajstić information content (AvgIpc) is 3.57. The van der Waals surface area contributed by atoms with Gasteiger partial charge in [0.25, 0.3) is 5.56 Å². The van der Waals surface area contributed by atoms with Crippen LogP contribution in [0.25, 0.3) is 10.9 Å². The summed E-state index contributed by atoms with van der Waals surface area (Å²) < 4.78 is 40.7. The molecule has 0 radical (unpaired) electrons. The fourth-order valence-electron chi connectivity index (χ4n) is 5.29. The number of hydrogen-bond donors (Lipinski definition) is 1. The second-order valence-electron chi connectivity index (χ2n) is 10.3. The number of likely N-dealkylation sites (tertiary alicyclic amines) is 1. The van der Waals surface area contributed by atoms with Crippen molar-refractivity contribution in [2.24, 2.45) is 18.4 Å². The first kappa shape index (κ1) is 24.5. The molecule has 2 aliphatic rings. The van der Waals surface area contributed by atoms with Crippen LogP contribution < -0.4 is 10.9 Å². The number of carbonyl (C=O) groups is 1. The van der Waals surface area contributed by atoms with Crippen molar-refractivity contribution in [3.63, 3.8) is 0 Å². The molecule has 3 aromatic rings. The summed E-state index contributed by atoms with van der Waals surface area (Å²) >= 11 is 0. The number of amides is 1. The van der Waals surface area contributed by atoms with Gasteiger partial charge in [-0.2, -0.15) is 13.2 Å². The third kappa shape index (κ3) is 5.16. The molecule has 1 atom stereocenters. The molecule has 36 heavy (non-hydrogen) atoms. The predicted octanol–water partition coefficient (Wildman–Crippen LogP) is 4.26. The smallest absolute Gasteiger partial charge is 0.351 e. The maximum Gasteiger partial charge on any atom is 0.417 e. The lowest BCUT2D eigenvalue weighted by Gasteiger charge is -2.28. The van der Waals surface area contributed by atoms with Gasteiger partial charge < -0.3 is 9.88 Å². The SMILES string of the molecule is Cn1c(=O)ccc2ccc(CN3CCC(CC4CC4)(C(=O)NCc4cncc(C(F)(F)F)c4)C3)cc21. The van der Waals surface area contributed by atoms with Gasteiger partial charge in [-0.1, -0.05) is 25.0 Å². The minimum Gasteiger partial charge on any atom is -0.351 e. The minimum absolute atomic E-state index is 0.0148. The van der Waals surface area contributed by atoms with E-state index in [0.29, 0.717) is 31.0 Å². The Bertz CT molecular complexity index is 1350. The highest BCUT2D eigenvalue weighted by molar-refractivity contribution is 5.83. The maximum absolute atomic E-state index is 13.4. The number of fused-ring (bicyclic) bond motifs is 1. The van der Waals surface area contributed by atoms with Crippen LogP contribution in [0.4, 0.5) is 13.2 Å².